The van der Waals surface area contributed by atoms with Crippen molar-refractivity contribution in [3.63, 3.8) is 0 Å². The Bertz CT molecular complexity index is 1160. The maximum Gasteiger partial charge on any atom is 0.272 e. The molecule has 4 rings (SSSR count). The van der Waals surface area contributed by atoms with Crippen LogP contribution in [0.25, 0.3) is 0 Å². The van der Waals surface area contributed by atoms with Crippen LogP contribution in [-0.4, -0.2) is 35.4 Å². The van der Waals surface area contributed by atoms with Crippen molar-refractivity contribution >= 4 is 11.8 Å². The summed E-state index contributed by atoms with van der Waals surface area (Å²) in [5.74, 6) is -0.517. The van der Waals surface area contributed by atoms with Crippen LogP contribution in [0, 0.1) is 5.82 Å². The highest BCUT2D eigenvalue weighted by molar-refractivity contribution is 6.04. The summed E-state index contributed by atoms with van der Waals surface area (Å²) >= 11 is 0. The summed E-state index contributed by atoms with van der Waals surface area (Å²) in [6.07, 6.45) is 8.05. The molecule has 8 heteroatoms. The molecule has 1 aliphatic carbocycles. The number of nitrogens with one attached hydrogen (secondary N) is 2. The van der Waals surface area contributed by atoms with E-state index in [0.29, 0.717) is 6.54 Å². The van der Waals surface area contributed by atoms with Gasteiger partial charge in [-0.3, -0.25) is 9.59 Å². The number of carbonyl (C=O) groups excluding carboxylic acids is 2. The number of methoxy groups -OCH3 is 1. The smallest absolute Gasteiger partial charge is 0.272 e. The lowest BCUT2D eigenvalue weighted by Gasteiger charge is -2.38. The number of rotatable bonds is 8. The Morgan fingerprint density at radius 3 is 2.09 bits per heavy atom. The van der Waals surface area contributed by atoms with Crippen LogP contribution >= 0.6 is 0 Å². The summed E-state index contributed by atoms with van der Waals surface area (Å²) in [5, 5.41) is 5.74. The summed E-state index contributed by atoms with van der Waals surface area (Å²) in [5.41, 5.74) is 1.63. The first-order valence-corrected chi connectivity index (χ1v) is 11.8. The Hall–Kier alpha value is -3.81. The van der Waals surface area contributed by atoms with Gasteiger partial charge in [-0.05, 0) is 48.2 Å². The Morgan fingerprint density at radius 2 is 1.49 bits per heavy atom. The minimum absolute atomic E-state index is 0.0233. The zero-order chi connectivity index (χ0) is 24.7. The van der Waals surface area contributed by atoms with Crippen LogP contribution in [0.2, 0.25) is 0 Å². The number of ether oxygens (including phenoxy) is 1. The third kappa shape index (κ3) is 5.82. The van der Waals surface area contributed by atoms with Gasteiger partial charge in [-0.1, -0.05) is 43.5 Å². The molecule has 0 spiro atoms. The lowest BCUT2D eigenvalue weighted by molar-refractivity contribution is 0.0900. The second-order valence-corrected chi connectivity index (χ2v) is 8.81. The first-order valence-electron chi connectivity index (χ1n) is 11.8. The molecular weight excluding hydrogens is 447 g/mol. The highest BCUT2D eigenvalue weighted by Gasteiger charge is 2.35. The van der Waals surface area contributed by atoms with E-state index in [2.05, 4.69) is 32.7 Å². The molecule has 0 radical (unpaired) electrons. The molecule has 1 aliphatic rings. The predicted molar refractivity (Wildman–Crippen MR) is 130 cm³/mol. The molecule has 0 aliphatic heterocycles. The molecule has 182 valence electrons. The summed E-state index contributed by atoms with van der Waals surface area (Å²) < 4.78 is 18.4. The van der Waals surface area contributed by atoms with Gasteiger partial charge in [0, 0.05) is 30.9 Å². The van der Waals surface area contributed by atoms with Gasteiger partial charge in [-0.25, -0.2) is 14.4 Å². The summed E-state index contributed by atoms with van der Waals surface area (Å²) in [6.45, 7) is 0.614. The third-order valence-electron chi connectivity index (χ3n) is 6.60. The molecule has 2 aromatic carbocycles. The van der Waals surface area contributed by atoms with Crippen LogP contribution in [0.4, 0.5) is 4.39 Å². The van der Waals surface area contributed by atoms with E-state index in [0.717, 1.165) is 42.6 Å². The van der Waals surface area contributed by atoms with Gasteiger partial charge in [-0.2, -0.15) is 0 Å². The minimum Gasteiger partial charge on any atom is -0.497 e. The zero-order valence-electron chi connectivity index (χ0n) is 19.7. The maximum absolute atomic E-state index is 13.1. The molecule has 2 amide bonds. The van der Waals surface area contributed by atoms with Crippen molar-refractivity contribution < 1.29 is 18.7 Å². The molecular formula is C27H29FN4O3. The van der Waals surface area contributed by atoms with Crippen molar-refractivity contribution in [3.05, 3.63) is 89.3 Å². The van der Waals surface area contributed by atoms with Crippen LogP contribution in [0.5, 0.6) is 5.75 Å². The molecule has 0 atom stereocenters. The topological polar surface area (TPSA) is 93.2 Å². The summed E-state index contributed by atoms with van der Waals surface area (Å²) in [4.78, 5) is 34.2. The number of benzene rings is 2. The molecule has 0 saturated heterocycles. The van der Waals surface area contributed by atoms with E-state index in [1.165, 1.54) is 30.9 Å². The molecule has 1 heterocycles. The zero-order valence-corrected chi connectivity index (χ0v) is 19.7. The lowest BCUT2D eigenvalue weighted by Crippen LogP contribution is -2.43. The van der Waals surface area contributed by atoms with Crippen LogP contribution in [-0.2, 0) is 12.0 Å². The third-order valence-corrected chi connectivity index (χ3v) is 6.60. The largest absolute Gasteiger partial charge is 0.497 e. The monoisotopic (exact) mass is 476 g/mol. The fraction of sp³-hybridized carbons (Fsp3) is 0.333. The Labute approximate surface area is 204 Å². The van der Waals surface area contributed by atoms with Gasteiger partial charge in [0.25, 0.3) is 11.8 Å². The van der Waals surface area contributed by atoms with E-state index >= 15 is 0 Å². The first kappa shape index (κ1) is 24.3. The van der Waals surface area contributed by atoms with E-state index in [1.54, 1.807) is 19.2 Å². The fourth-order valence-corrected chi connectivity index (χ4v) is 4.61. The average molecular weight is 477 g/mol. The fourth-order valence-electron chi connectivity index (χ4n) is 4.61. The minimum atomic E-state index is -0.518. The molecule has 3 aromatic rings. The molecule has 35 heavy (non-hydrogen) atoms. The standard InChI is InChI=1S/C27H29FN4O3/c1-35-22-11-7-20(8-12-22)27(13-3-2-4-14-27)18-32-26(34)24-23(29-15-16-30-24)25(33)31-17-19-5-9-21(28)10-6-19/h5-12,15-16H,2-4,13-14,17-18H2,1H3,(H,31,33)(H,32,34). The van der Waals surface area contributed by atoms with E-state index < -0.39 is 11.8 Å². The van der Waals surface area contributed by atoms with Crippen molar-refractivity contribution in [2.45, 2.75) is 44.1 Å². The molecule has 1 fully saturated rings. The highest BCUT2D eigenvalue weighted by atomic mass is 19.1. The van der Waals surface area contributed by atoms with Gasteiger partial charge in [0.1, 0.15) is 11.6 Å². The van der Waals surface area contributed by atoms with Gasteiger partial charge in [0.2, 0.25) is 0 Å². The van der Waals surface area contributed by atoms with Gasteiger partial charge >= 0.3 is 0 Å². The SMILES string of the molecule is COc1ccc(C2(CNC(=O)c3nccnc3C(=O)NCc3ccc(F)cc3)CCCCC2)cc1. The number of hydrogen-bond donors (Lipinski definition) is 2. The number of hydrogen-bond acceptors (Lipinski definition) is 5. The molecule has 0 bridgehead atoms. The van der Waals surface area contributed by atoms with Gasteiger partial charge in [0.15, 0.2) is 11.4 Å². The normalized spacial score (nSPS) is 14.7. The Balaban J connectivity index is 1.46. The van der Waals surface area contributed by atoms with E-state index in [4.69, 9.17) is 4.74 Å². The predicted octanol–water partition coefficient (Wildman–Crippen LogP) is 4.19. The quantitative estimate of drug-likeness (QED) is 0.509. The van der Waals surface area contributed by atoms with Crippen LogP contribution < -0.4 is 15.4 Å². The average Bonchev–Trinajstić information content (AvgIpc) is 2.92. The van der Waals surface area contributed by atoms with Crippen LogP contribution in [0.3, 0.4) is 0 Å². The van der Waals surface area contributed by atoms with Gasteiger partial charge in [-0.15, -0.1) is 0 Å². The van der Waals surface area contributed by atoms with E-state index in [1.807, 2.05) is 12.1 Å². The number of nitrogens with zero attached hydrogens (tertiary/aromatic N) is 2. The van der Waals surface area contributed by atoms with E-state index in [9.17, 15) is 14.0 Å². The number of amides is 2. The number of aromatic nitrogens is 2. The second kappa shape index (κ2) is 11.1. The molecule has 1 saturated carbocycles. The number of carbonyl (C=O) groups is 2. The Kier molecular flexibility index (Phi) is 7.70. The van der Waals surface area contributed by atoms with Crippen molar-refractivity contribution in [2.24, 2.45) is 0 Å². The van der Waals surface area contributed by atoms with Crippen molar-refractivity contribution in [1.29, 1.82) is 0 Å². The molecule has 1 aromatic heterocycles. The maximum atomic E-state index is 13.1. The van der Waals surface area contributed by atoms with Crippen molar-refractivity contribution in [2.75, 3.05) is 13.7 Å². The van der Waals surface area contributed by atoms with Gasteiger partial charge < -0.3 is 15.4 Å². The van der Waals surface area contributed by atoms with Gasteiger partial charge in [0.05, 0.1) is 7.11 Å². The van der Waals surface area contributed by atoms with Crippen molar-refractivity contribution in [1.82, 2.24) is 20.6 Å². The first-order chi connectivity index (χ1) is 17.0. The number of halogens is 1. The molecule has 2 N–H and O–H groups in total. The summed E-state index contributed by atoms with van der Waals surface area (Å²) in [6, 6.07) is 13.8. The molecule has 0 unspecified atom stereocenters. The lowest BCUT2D eigenvalue weighted by atomic mass is 9.69. The highest BCUT2D eigenvalue weighted by Crippen LogP contribution is 2.39. The van der Waals surface area contributed by atoms with E-state index in [-0.39, 0.29) is 29.2 Å². The second-order valence-electron chi connectivity index (χ2n) is 8.81. The Morgan fingerprint density at radius 1 is 0.886 bits per heavy atom. The summed E-state index contributed by atoms with van der Waals surface area (Å²) in [7, 11) is 1.64. The molecule has 7 nitrogen and oxygen atoms in total. The van der Waals surface area contributed by atoms with Crippen molar-refractivity contribution in [3.8, 4) is 5.75 Å². The van der Waals surface area contributed by atoms with Crippen LogP contribution in [0.1, 0.15) is 64.2 Å². The van der Waals surface area contributed by atoms with Crippen LogP contribution in [0.15, 0.2) is 60.9 Å².